The fourth-order valence-electron chi connectivity index (χ4n) is 8.96. The zero-order valence-electron chi connectivity index (χ0n) is 29.8. The van der Waals surface area contributed by atoms with Crippen molar-refractivity contribution >= 4 is 85.9 Å². The third-order valence-electron chi connectivity index (χ3n) is 11.5. The molecule has 0 saturated heterocycles. The maximum absolute atomic E-state index is 2.43. The minimum absolute atomic E-state index is 1.18. The van der Waals surface area contributed by atoms with E-state index in [1.807, 2.05) is 11.3 Å². The van der Waals surface area contributed by atoms with Crippen molar-refractivity contribution in [1.82, 2.24) is 9.13 Å². The summed E-state index contributed by atoms with van der Waals surface area (Å²) in [5.41, 5.74) is 12.2. The van der Waals surface area contributed by atoms with E-state index in [1.165, 1.54) is 108 Å². The Hall–Kier alpha value is -6.94. The summed E-state index contributed by atoms with van der Waals surface area (Å²) in [6, 6.07) is 71.4. The van der Waals surface area contributed by atoms with Gasteiger partial charge in [-0.15, -0.1) is 11.3 Å². The second-order valence-corrected chi connectivity index (χ2v) is 15.6. The van der Waals surface area contributed by atoms with Crippen LogP contribution in [-0.4, -0.2) is 9.13 Å². The summed E-state index contributed by atoms with van der Waals surface area (Å²) in [7, 11) is 0. The van der Waals surface area contributed by atoms with Crippen LogP contribution in [0.3, 0.4) is 0 Å². The van der Waals surface area contributed by atoms with Gasteiger partial charge in [-0.1, -0.05) is 127 Å². The van der Waals surface area contributed by atoms with Gasteiger partial charge in [0.15, 0.2) is 0 Å². The van der Waals surface area contributed by atoms with E-state index in [0.29, 0.717) is 0 Å². The fraction of sp³-hybridized carbons (Fsp3) is 0. The molecular weight excluding hydrogens is 685 g/mol. The van der Waals surface area contributed by atoms with Gasteiger partial charge in [-0.2, -0.15) is 0 Å². The molecule has 12 rings (SSSR count). The molecule has 3 heteroatoms. The molecule has 0 unspecified atom stereocenters. The summed E-state index contributed by atoms with van der Waals surface area (Å²) < 4.78 is 7.43. The van der Waals surface area contributed by atoms with Crippen LogP contribution in [0.4, 0.5) is 0 Å². The molecule has 3 heterocycles. The summed E-state index contributed by atoms with van der Waals surface area (Å²) in [5.74, 6) is 0. The fourth-order valence-corrected chi connectivity index (χ4v) is 10.1. The number of aromatic nitrogens is 2. The lowest BCUT2D eigenvalue weighted by atomic mass is 9.99. The minimum atomic E-state index is 1.18. The van der Waals surface area contributed by atoms with Crippen LogP contribution in [0.2, 0.25) is 0 Å². The monoisotopic (exact) mass is 716 g/mol. The summed E-state index contributed by atoms with van der Waals surface area (Å²) >= 11 is 1.89. The number of rotatable bonds is 4. The first-order valence-electron chi connectivity index (χ1n) is 18.8. The third kappa shape index (κ3) is 4.60. The molecule has 55 heavy (non-hydrogen) atoms. The van der Waals surface area contributed by atoms with Gasteiger partial charge in [-0.05, 0) is 94.4 Å². The Balaban J connectivity index is 0.956. The molecule has 12 aromatic rings. The van der Waals surface area contributed by atoms with Crippen LogP contribution in [0.1, 0.15) is 0 Å². The first kappa shape index (κ1) is 30.5. The SMILES string of the molecule is c1ccc(-n2c3ccccc3c3cc(-c4ccc5c(c4)sc4cc(-c6ccc7c(c6)c6ccccc6n7-c6cccc7ccccc67)ccc45)ccc32)cc1. The number of thiophene rings is 1. The molecule has 0 radical (unpaired) electrons. The van der Waals surface area contributed by atoms with Crippen molar-refractivity contribution in [2.75, 3.05) is 0 Å². The summed E-state index contributed by atoms with van der Waals surface area (Å²) in [6.07, 6.45) is 0. The van der Waals surface area contributed by atoms with Crippen molar-refractivity contribution in [1.29, 1.82) is 0 Å². The average Bonchev–Trinajstić information content (AvgIpc) is 3.90. The Morgan fingerprint density at radius 1 is 0.291 bits per heavy atom. The zero-order chi connectivity index (χ0) is 36.0. The van der Waals surface area contributed by atoms with Crippen molar-refractivity contribution in [3.63, 3.8) is 0 Å². The topological polar surface area (TPSA) is 9.86 Å². The maximum atomic E-state index is 2.43. The van der Waals surface area contributed by atoms with E-state index in [2.05, 4.69) is 203 Å². The van der Waals surface area contributed by atoms with E-state index in [-0.39, 0.29) is 0 Å². The number of hydrogen-bond acceptors (Lipinski definition) is 1. The van der Waals surface area contributed by atoms with Gasteiger partial charge in [0, 0.05) is 52.8 Å². The van der Waals surface area contributed by atoms with E-state index in [9.17, 15) is 0 Å². The quantitative estimate of drug-likeness (QED) is 0.172. The highest BCUT2D eigenvalue weighted by atomic mass is 32.1. The lowest BCUT2D eigenvalue weighted by Crippen LogP contribution is -1.95. The molecule has 256 valence electrons. The summed E-state index contributed by atoms with van der Waals surface area (Å²) in [5, 5.41) is 10.2. The second-order valence-electron chi connectivity index (χ2n) is 14.5. The minimum Gasteiger partial charge on any atom is -0.309 e. The average molecular weight is 717 g/mol. The van der Waals surface area contributed by atoms with Crippen LogP contribution in [0.25, 0.3) is 108 Å². The van der Waals surface area contributed by atoms with Crippen molar-refractivity contribution in [2.24, 2.45) is 0 Å². The third-order valence-corrected chi connectivity index (χ3v) is 12.6. The number of para-hydroxylation sites is 3. The molecule has 0 aliphatic heterocycles. The van der Waals surface area contributed by atoms with Crippen LogP contribution < -0.4 is 0 Å². The molecule has 3 aromatic heterocycles. The highest BCUT2D eigenvalue weighted by molar-refractivity contribution is 7.25. The Kier molecular flexibility index (Phi) is 6.54. The molecule has 9 aromatic carbocycles. The predicted molar refractivity (Wildman–Crippen MR) is 236 cm³/mol. The van der Waals surface area contributed by atoms with E-state index < -0.39 is 0 Å². The molecule has 0 fully saturated rings. The molecule has 0 amide bonds. The Bertz CT molecular complexity index is 3480. The van der Waals surface area contributed by atoms with Gasteiger partial charge in [-0.25, -0.2) is 0 Å². The van der Waals surface area contributed by atoms with Gasteiger partial charge in [0.05, 0.1) is 27.8 Å². The van der Waals surface area contributed by atoms with Crippen LogP contribution in [-0.2, 0) is 0 Å². The van der Waals surface area contributed by atoms with Gasteiger partial charge in [-0.3, -0.25) is 0 Å². The lowest BCUT2D eigenvalue weighted by molar-refractivity contribution is 1.18. The smallest absolute Gasteiger partial charge is 0.0541 e. The Morgan fingerprint density at radius 3 is 1.42 bits per heavy atom. The van der Waals surface area contributed by atoms with Crippen molar-refractivity contribution in [3.05, 3.63) is 194 Å². The van der Waals surface area contributed by atoms with Crippen LogP contribution in [0.15, 0.2) is 194 Å². The molecule has 0 bridgehead atoms. The Morgan fingerprint density at radius 2 is 0.764 bits per heavy atom. The molecule has 0 N–H and O–H groups in total. The Labute approximate surface area is 321 Å². The van der Waals surface area contributed by atoms with E-state index in [1.54, 1.807) is 0 Å². The molecule has 2 nitrogen and oxygen atoms in total. The van der Waals surface area contributed by atoms with Gasteiger partial charge in [0.25, 0.3) is 0 Å². The first-order chi connectivity index (χ1) is 27.3. The normalized spacial score (nSPS) is 12.0. The van der Waals surface area contributed by atoms with Gasteiger partial charge in [0.1, 0.15) is 0 Å². The number of hydrogen-bond donors (Lipinski definition) is 0. The second kappa shape index (κ2) is 11.8. The molecule has 0 spiro atoms. The van der Waals surface area contributed by atoms with E-state index in [0.717, 1.165) is 0 Å². The number of benzene rings is 9. The molecule has 0 atom stereocenters. The first-order valence-corrected chi connectivity index (χ1v) is 19.7. The van der Waals surface area contributed by atoms with Crippen molar-refractivity contribution < 1.29 is 0 Å². The molecular formula is C52H32N2S. The van der Waals surface area contributed by atoms with E-state index in [4.69, 9.17) is 0 Å². The number of nitrogens with zero attached hydrogens (tertiary/aromatic N) is 2. The molecule has 0 saturated carbocycles. The summed E-state index contributed by atoms with van der Waals surface area (Å²) in [4.78, 5) is 0. The summed E-state index contributed by atoms with van der Waals surface area (Å²) in [6.45, 7) is 0. The lowest BCUT2D eigenvalue weighted by Gasteiger charge is -2.11. The highest BCUT2D eigenvalue weighted by Gasteiger charge is 2.17. The maximum Gasteiger partial charge on any atom is 0.0541 e. The van der Waals surface area contributed by atoms with Crippen LogP contribution in [0, 0.1) is 0 Å². The van der Waals surface area contributed by atoms with Gasteiger partial charge >= 0.3 is 0 Å². The highest BCUT2D eigenvalue weighted by Crippen LogP contribution is 2.42. The van der Waals surface area contributed by atoms with Crippen molar-refractivity contribution in [3.8, 4) is 33.6 Å². The van der Waals surface area contributed by atoms with Gasteiger partial charge < -0.3 is 9.13 Å². The van der Waals surface area contributed by atoms with Crippen molar-refractivity contribution in [2.45, 2.75) is 0 Å². The largest absolute Gasteiger partial charge is 0.309 e. The van der Waals surface area contributed by atoms with E-state index >= 15 is 0 Å². The zero-order valence-corrected chi connectivity index (χ0v) is 30.6. The van der Waals surface area contributed by atoms with Gasteiger partial charge in [0.2, 0.25) is 0 Å². The predicted octanol–water partition coefficient (Wildman–Crippen LogP) is 14.7. The standard InChI is InChI=1S/C52H32N2S/c1-2-13-38(14-3-1)53-47-18-8-6-16-40(47)44-29-34(23-27-49(44)53)36-21-25-42-43-26-22-37(32-52(43)55-51(42)31-36)35-24-28-50-45(30-35)41-17-7-9-19-48(41)54(50)46-20-10-12-33-11-4-5-15-39(33)46/h1-32H. The molecule has 0 aliphatic carbocycles. The van der Waals surface area contributed by atoms with Crippen LogP contribution >= 0.6 is 11.3 Å². The number of fused-ring (bicyclic) bond motifs is 10. The molecule has 0 aliphatic rings. The van der Waals surface area contributed by atoms with Crippen LogP contribution in [0.5, 0.6) is 0 Å².